The van der Waals surface area contributed by atoms with Crippen LogP contribution in [0.4, 0.5) is 10.5 Å². The van der Waals surface area contributed by atoms with Gasteiger partial charge in [0.15, 0.2) is 9.84 Å². The molecule has 0 aliphatic carbocycles. The number of hydrogen-bond acceptors (Lipinski definition) is 3. The fourth-order valence-electron chi connectivity index (χ4n) is 4.34. The van der Waals surface area contributed by atoms with Crippen molar-refractivity contribution in [2.24, 2.45) is 0 Å². The van der Waals surface area contributed by atoms with Crippen molar-refractivity contribution in [1.82, 2.24) is 4.90 Å². The van der Waals surface area contributed by atoms with E-state index in [2.05, 4.69) is 5.32 Å². The van der Waals surface area contributed by atoms with Crippen LogP contribution in [0.25, 0.3) is 0 Å². The van der Waals surface area contributed by atoms with E-state index in [1.165, 1.54) is 0 Å². The minimum Gasteiger partial charge on any atom is -0.318 e. The molecule has 1 N–H and O–H groups in total. The molecule has 2 aromatic rings. The molecule has 2 aromatic carbocycles. The zero-order valence-electron chi connectivity index (χ0n) is 15.3. The SMILES string of the molecule is Cc1ccc(NC(=O)N2[C@@H]3CC[C@H]2CC(S(=O)(=O)c2ccccc2)C3)cc1. The van der Waals surface area contributed by atoms with Crippen molar-refractivity contribution < 1.29 is 13.2 Å². The second kappa shape index (κ2) is 7.00. The number of piperidine rings is 1. The largest absolute Gasteiger partial charge is 0.322 e. The van der Waals surface area contributed by atoms with Gasteiger partial charge < -0.3 is 10.2 Å². The number of fused-ring (bicyclic) bond motifs is 2. The highest BCUT2D eigenvalue weighted by molar-refractivity contribution is 7.92. The zero-order valence-corrected chi connectivity index (χ0v) is 16.2. The first kappa shape index (κ1) is 18.0. The molecule has 0 spiro atoms. The Bertz CT molecular complexity index is 912. The number of benzene rings is 2. The molecule has 4 rings (SSSR count). The fraction of sp³-hybridized carbons (Fsp3) is 0.381. The highest BCUT2D eigenvalue weighted by Gasteiger charge is 2.47. The van der Waals surface area contributed by atoms with Gasteiger partial charge in [-0.25, -0.2) is 13.2 Å². The third-order valence-electron chi connectivity index (χ3n) is 5.74. The van der Waals surface area contributed by atoms with Gasteiger partial charge in [-0.3, -0.25) is 0 Å². The van der Waals surface area contributed by atoms with E-state index in [4.69, 9.17) is 0 Å². The lowest BCUT2D eigenvalue weighted by Crippen LogP contribution is -2.51. The molecule has 2 saturated heterocycles. The molecule has 1 unspecified atom stereocenters. The van der Waals surface area contributed by atoms with Crippen molar-refractivity contribution >= 4 is 21.6 Å². The fourth-order valence-corrected chi connectivity index (χ4v) is 6.21. The third-order valence-corrected chi connectivity index (χ3v) is 7.93. The monoisotopic (exact) mass is 384 g/mol. The number of rotatable bonds is 3. The first-order valence-electron chi connectivity index (χ1n) is 9.40. The lowest BCUT2D eigenvalue weighted by atomic mass is 10.0. The number of nitrogens with one attached hydrogen (secondary N) is 1. The van der Waals surface area contributed by atoms with Crippen molar-refractivity contribution in [3.63, 3.8) is 0 Å². The summed E-state index contributed by atoms with van der Waals surface area (Å²) in [5.41, 5.74) is 1.91. The maximum Gasteiger partial charge on any atom is 0.322 e. The second-order valence-electron chi connectivity index (χ2n) is 7.54. The summed E-state index contributed by atoms with van der Waals surface area (Å²) < 4.78 is 26.0. The molecule has 5 nitrogen and oxygen atoms in total. The molecular formula is C21H24N2O3S. The average molecular weight is 385 g/mol. The van der Waals surface area contributed by atoms with Gasteiger partial charge in [0, 0.05) is 17.8 Å². The van der Waals surface area contributed by atoms with Gasteiger partial charge in [-0.15, -0.1) is 0 Å². The molecular weight excluding hydrogens is 360 g/mol. The Balaban J connectivity index is 1.49. The Morgan fingerprint density at radius 2 is 1.56 bits per heavy atom. The first-order chi connectivity index (χ1) is 12.9. The summed E-state index contributed by atoms with van der Waals surface area (Å²) in [5, 5.41) is 2.55. The Morgan fingerprint density at radius 3 is 2.15 bits per heavy atom. The molecule has 2 amide bonds. The third kappa shape index (κ3) is 3.46. The number of hydrogen-bond donors (Lipinski definition) is 1. The lowest BCUT2D eigenvalue weighted by Gasteiger charge is -2.38. The van der Waals surface area contributed by atoms with E-state index in [1.807, 2.05) is 42.2 Å². The topological polar surface area (TPSA) is 66.5 Å². The molecule has 2 heterocycles. The highest BCUT2D eigenvalue weighted by Crippen LogP contribution is 2.40. The van der Waals surface area contributed by atoms with Gasteiger partial charge >= 0.3 is 6.03 Å². The number of sulfone groups is 1. The molecule has 2 bridgehead atoms. The molecule has 6 heteroatoms. The summed E-state index contributed by atoms with van der Waals surface area (Å²) in [7, 11) is -3.36. The number of carbonyl (C=O) groups excluding carboxylic acids is 1. The lowest BCUT2D eigenvalue weighted by molar-refractivity contribution is 0.160. The van der Waals surface area contributed by atoms with Gasteiger partial charge in [-0.05, 0) is 56.9 Å². The van der Waals surface area contributed by atoms with E-state index in [1.54, 1.807) is 24.3 Å². The van der Waals surface area contributed by atoms with Gasteiger partial charge in [0.25, 0.3) is 0 Å². The smallest absolute Gasteiger partial charge is 0.318 e. The predicted octanol–water partition coefficient (Wildman–Crippen LogP) is 4.00. The van der Waals surface area contributed by atoms with Gasteiger partial charge in [0.05, 0.1) is 10.1 Å². The summed E-state index contributed by atoms with van der Waals surface area (Å²) in [6, 6.07) is 16.2. The van der Waals surface area contributed by atoms with Crippen LogP contribution in [0.5, 0.6) is 0 Å². The minimum atomic E-state index is -3.36. The Labute approximate surface area is 160 Å². The van der Waals surface area contributed by atoms with Crippen LogP contribution in [-0.2, 0) is 9.84 Å². The van der Waals surface area contributed by atoms with E-state index in [9.17, 15) is 13.2 Å². The molecule has 27 heavy (non-hydrogen) atoms. The second-order valence-corrected chi connectivity index (χ2v) is 9.77. The quantitative estimate of drug-likeness (QED) is 0.870. The maximum absolute atomic E-state index is 13.0. The Hall–Kier alpha value is -2.34. The highest BCUT2D eigenvalue weighted by atomic mass is 32.2. The molecule has 0 aromatic heterocycles. The van der Waals surface area contributed by atoms with Crippen LogP contribution in [0.1, 0.15) is 31.2 Å². The normalized spacial score (nSPS) is 24.6. The number of carbonyl (C=O) groups is 1. The van der Waals surface area contributed by atoms with Crippen LogP contribution in [0, 0.1) is 6.92 Å². The average Bonchev–Trinajstić information content (AvgIpc) is 2.94. The molecule has 142 valence electrons. The van der Waals surface area contributed by atoms with Crippen molar-refractivity contribution in [3.05, 3.63) is 60.2 Å². The predicted molar refractivity (Wildman–Crippen MR) is 105 cm³/mol. The van der Waals surface area contributed by atoms with Gasteiger partial charge in [-0.1, -0.05) is 35.9 Å². The number of anilines is 1. The molecule has 2 aliphatic rings. The number of urea groups is 1. The van der Waals surface area contributed by atoms with Gasteiger partial charge in [0.1, 0.15) is 0 Å². The van der Waals surface area contributed by atoms with Crippen LogP contribution < -0.4 is 5.32 Å². The summed E-state index contributed by atoms with van der Waals surface area (Å²) >= 11 is 0. The summed E-state index contributed by atoms with van der Waals surface area (Å²) in [6.45, 7) is 2.00. The van der Waals surface area contributed by atoms with E-state index >= 15 is 0 Å². The zero-order chi connectivity index (χ0) is 19.0. The van der Waals surface area contributed by atoms with Crippen molar-refractivity contribution in [2.75, 3.05) is 5.32 Å². The Morgan fingerprint density at radius 1 is 0.963 bits per heavy atom. The summed E-state index contributed by atoms with van der Waals surface area (Å²) in [5.74, 6) is 0. The molecule has 3 atom stereocenters. The van der Waals surface area contributed by atoms with Crippen LogP contribution in [0.2, 0.25) is 0 Å². The van der Waals surface area contributed by atoms with Crippen LogP contribution in [0.3, 0.4) is 0 Å². The standard InChI is InChI=1S/C21H24N2O3S/c1-15-7-9-16(10-8-15)22-21(24)23-17-11-12-18(23)14-20(13-17)27(25,26)19-5-3-2-4-6-19/h2-10,17-18,20H,11-14H2,1H3,(H,22,24)/t17-,18+,20?. The van der Waals surface area contributed by atoms with Crippen LogP contribution >= 0.6 is 0 Å². The van der Waals surface area contributed by atoms with E-state index < -0.39 is 15.1 Å². The number of amides is 2. The number of aryl methyl sites for hydroxylation is 1. The summed E-state index contributed by atoms with van der Waals surface area (Å²) in [4.78, 5) is 15.1. The van der Waals surface area contributed by atoms with E-state index in [0.29, 0.717) is 17.7 Å². The van der Waals surface area contributed by atoms with E-state index in [0.717, 1.165) is 24.1 Å². The van der Waals surface area contributed by atoms with Crippen molar-refractivity contribution in [2.45, 2.75) is 54.8 Å². The molecule has 0 saturated carbocycles. The Kier molecular flexibility index (Phi) is 4.68. The van der Waals surface area contributed by atoms with E-state index in [-0.39, 0.29) is 18.1 Å². The minimum absolute atomic E-state index is 0.0160. The molecule has 2 fully saturated rings. The first-order valence-corrected chi connectivity index (χ1v) is 10.9. The number of nitrogens with zero attached hydrogens (tertiary/aromatic N) is 1. The van der Waals surface area contributed by atoms with Crippen molar-refractivity contribution in [3.8, 4) is 0 Å². The van der Waals surface area contributed by atoms with Gasteiger partial charge in [0.2, 0.25) is 0 Å². The molecule has 2 aliphatic heterocycles. The maximum atomic E-state index is 13.0. The van der Waals surface area contributed by atoms with Crippen LogP contribution in [-0.4, -0.2) is 36.7 Å². The van der Waals surface area contributed by atoms with Gasteiger partial charge in [-0.2, -0.15) is 0 Å². The molecule has 0 radical (unpaired) electrons. The van der Waals surface area contributed by atoms with Crippen LogP contribution in [0.15, 0.2) is 59.5 Å². The van der Waals surface area contributed by atoms with Crippen molar-refractivity contribution in [1.29, 1.82) is 0 Å². The summed E-state index contributed by atoms with van der Waals surface area (Å²) in [6.07, 6.45) is 2.75.